The van der Waals surface area contributed by atoms with Crippen LogP contribution in [0.2, 0.25) is 0 Å². The number of carbonyl (C=O) groups is 2. The van der Waals surface area contributed by atoms with Gasteiger partial charge in [0.05, 0.1) is 31.6 Å². The summed E-state index contributed by atoms with van der Waals surface area (Å²) in [5, 5.41) is 12.2. The largest absolute Gasteiger partial charge is 0.496 e. The second-order valence-corrected chi connectivity index (χ2v) is 9.70. The van der Waals surface area contributed by atoms with Gasteiger partial charge in [0.25, 0.3) is 5.91 Å². The topological polar surface area (TPSA) is 98.6 Å². The van der Waals surface area contributed by atoms with Crippen molar-refractivity contribution in [2.24, 2.45) is 0 Å². The van der Waals surface area contributed by atoms with Crippen LogP contribution >= 0.6 is 11.8 Å². The van der Waals surface area contributed by atoms with Gasteiger partial charge in [0.15, 0.2) is 11.0 Å². The first-order valence-electron chi connectivity index (χ1n) is 12.7. The fraction of sp³-hybridized carbons (Fsp3) is 0.241. The Morgan fingerprint density at radius 1 is 1.00 bits per heavy atom. The first kappa shape index (κ1) is 26.3. The zero-order chi connectivity index (χ0) is 27.2. The molecule has 0 aliphatic carbocycles. The van der Waals surface area contributed by atoms with Gasteiger partial charge in [-0.2, -0.15) is 0 Å². The molecule has 9 nitrogen and oxygen atoms in total. The highest BCUT2D eigenvalue weighted by Gasteiger charge is 2.25. The van der Waals surface area contributed by atoms with Gasteiger partial charge in [-0.05, 0) is 61.4 Å². The third-order valence-corrected chi connectivity index (χ3v) is 7.29. The number of benzene rings is 3. The molecule has 0 radical (unpaired) electrons. The zero-order valence-corrected chi connectivity index (χ0v) is 22.6. The summed E-state index contributed by atoms with van der Waals surface area (Å²) in [7, 11) is 1.53. The maximum absolute atomic E-state index is 13.1. The Bertz CT molecular complexity index is 1470. The summed E-state index contributed by atoms with van der Waals surface area (Å²) in [6.45, 7) is 3.30. The Labute approximate surface area is 231 Å². The Morgan fingerprint density at radius 3 is 2.56 bits per heavy atom. The zero-order valence-electron chi connectivity index (χ0n) is 21.8. The molecule has 1 aromatic heterocycles. The van der Waals surface area contributed by atoms with E-state index in [-0.39, 0.29) is 24.1 Å². The number of nitrogens with one attached hydrogen (secondary N) is 1. The molecule has 1 aliphatic heterocycles. The van der Waals surface area contributed by atoms with Crippen LogP contribution in [0.25, 0.3) is 5.69 Å². The molecule has 0 saturated heterocycles. The van der Waals surface area contributed by atoms with E-state index in [9.17, 15) is 9.59 Å². The summed E-state index contributed by atoms with van der Waals surface area (Å²) in [6.07, 6.45) is 0.852. The molecule has 0 saturated carbocycles. The predicted molar refractivity (Wildman–Crippen MR) is 150 cm³/mol. The molecule has 0 bridgehead atoms. The fourth-order valence-electron chi connectivity index (χ4n) is 4.51. The minimum atomic E-state index is -0.286. The molecule has 0 unspecified atom stereocenters. The van der Waals surface area contributed by atoms with Gasteiger partial charge in [-0.3, -0.25) is 14.2 Å². The molecule has 2 amide bonds. The van der Waals surface area contributed by atoms with Gasteiger partial charge in [-0.1, -0.05) is 42.1 Å². The molecule has 2 heterocycles. The van der Waals surface area contributed by atoms with Gasteiger partial charge in [0.2, 0.25) is 5.91 Å². The molecule has 1 aliphatic rings. The lowest BCUT2D eigenvalue weighted by molar-refractivity contribution is -0.116. The van der Waals surface area contributed by atoms with Crippen molar-refractivity contribution in [1.29, 1.82) is 0 Å². The van der Waals surface area contributed by atoms with Crippen LogP contribution in [0.3, 0.4) is 0 Å². The third-order valence-electron chi connectivity index (χ3n) is 6.38. The number of nitrogens with zero attached hydrogens (tertiary/aromatic N) is 4. The SMILES string of the molecule is CCOc1ccc(-n2c(CNC(=O)c3ccccc3OC)nnc2SCC(=O)N2CCc3ccccc32)cc1. The van der Waals surface area contributed by atoms with Gasteiger partial charge in [0.1, 0.15) is 11.5 Å². The van der Waals surface area contributed by atoms with Crippen LogP contribution in [0, 0.1) is 0 Å². The normalized spacial score (nSPS) is 12.2. The third kappa shape index (κ3) is 5.75. The molecular weight excluding hydrogens is 514 g/mol. The first-order chi connectivity index (χ1) is 19.1. The molecule has 0 atom stereocenters. The van der Waals surface area contributed by atoms with Crippen molar-refractivity contribution in [2.75, 3.05) is 30.9 Å². The number of hydrogen-bond acceptors (Lipinski definition) is 7. The van der Waals surface area contributed by atoms with Crippen LogP contribution in [0.4, 0.5) is 5.69 Å². The lowest BCUT2D eigenvalue weighted by Crippen LogP contribution is -2.30. The Hall–Kier alpha value is -4.31. The Balaban J connectivity index is 1.36. The monoisotopic (exact) mass is 543 g/mol. The summed E-state index contributed by atoms with van der Waals surface area (Å²) in [4.78, 5) is 27.9. The van der Waals surface area contributed by atoms with E-state index in [1.165, 1.54) is 24.4 Å². The number of thioether (sulfide) groups is 1. The highest BCUT2D eigenvalue weighted by Crippen LogP contribution is 2.30. The number of amides is 2. The number of anilines is 1. The summed E-state index contributed by atoms with van der Waals surface area (Å²) in [6, 6.07) is 22.6. The van der Waals surface area contributed by atoms with E-state index >= 15 is 0 Å². The number of rotatable bonds is 10. The smallest absolute Gasteiger partial charge is 0.255 e. The van der Waals surface area contributed by atoms with E-state index in [4.69, 9.17) is 9.47 Å². The van der Waals surface area contributed by atoms with Crippen molar-refractivity contribution >= 4 is 29.3 Å². The van der Waals surface area contributed by atoms with E-state index in [2.05, 4.69) is 21.6 Å². The van der Waals surface area contributed by atoms with Crippen LogP contribution in [0.15, 0.2) is 78.0 Å². The van der Waals surface area contributed by atoms with Crippen molar-refractivity contribution < 1.29 is 19.1 Å². The summed E-state index contributed by atoms with van der Waals surface area (Å²) >= 11 is 1.32. The van der Waals surface area contributed by atoms with Crippen LogP contribution < -0.4 is 19.7 Å². The van der Waals surface area contributed by atoms with Crippen LogP contribution in [0.1, 0.15) is 28.7 Å². The van der Waals surface area contributed by atoms with Crippen molar-refractivity contribution in [1.82, 2.24) is 20.1 Å². The van der Waals surface area contributed by atoms with Gasteiger partial charge in [0, 0.05) is 17.9 Å². The number of carbonyl (C=O) groups excluding carboxylic acids is 2. The van der Waals surface area contributed by atoms with Crippen molar-refractivity contribution in [2.45, 2.75) is 25.0 Å². The average molecular weight is 544 g/mol. The number of aromatic nitrogens is 3. The van der Waals surface area contributed by atoms with Crippen molar-refractivity contribution in [3.63, 3.8) is 0 Å². The molecule has 5 rings (SSSR count). The summed E-state index contributed by atoms with van der Waals surface area (Å²) < 4.78 is 12.8. The minimum absolute atomic E-state index is 0.0113. The van der Waals surface area contributed by atoms with Crippen LogP contribution in [-0.4, -0.2) is 52.6 Å². The van der Waals surface area contributed by atoms with Gasteiger partial charge < -0.3 is 19.7 Å². The molecule has 39 heavy (non-hydrogen) atoms. The highest BCUT2D eigenvalue weighted by molar-refractivity contribution is 7.99. The Morgan fingerprint density at radius 2 is 1.77 bits per heavy atom. The van der Waals surface area contributed by atoms with Crippen LogP contribution in [-0.2, 0) is 17.8 Å². The first-order valence-corrected chi connectivity index (χ1v) is 13.7. The molecule has 3 aromatic carbocycles. The van der Waals surface area contributed by atoms with Gasteiger partial charge in [-0.25, -0.2) is 0 Å². The second-order valence-electron chi connectivity index (χ2n) is 8.76. The lowest BCUT2D eigenvalue weighted by atomic mass is 10.2. The number of fused-ring (bicyclic) bond motifs is 1. The predicted octanol–water partition coefficient (Wildman–Crippen LogP) is 4.29. The minimum Gasteiger partial charge on any atom is -0.496 e. The molecular formula is C29H29N5O4S. The van der Waals surface area contributed by atoms with E-state index in [1.807, 2.05) is 64.9 Å². The van der Waals surface area contributed by atoms with E-state index in [0.717, 1.165) is 23.5 Å². The lowest BCUT2D eigenvalue weighted by Gasteiger charge is -2.17. The summed E-state index contributed by atoms with van der Waals surface area (Å²) in [5.41, 5.74) is 3.38. The van der Waals surface area contributed by atoms with Gasteiger partial charge in [-0.15, -0.1) is 10.2 Å². The Kier molecular flexibility index (Phi) is 8.12. The number of ether oxygens (including phenoxy) is 2. The van der Waals surface area contributed by atoms with E-state index < -0.39 is 0 Å². The standard InChI is InChI=1S/C29H29N5O4S/c1-3-38-22-14-12-21(13-15-22)34-26(18-30-28(36)23-9-5-7-11-25(23)37-2)31-32-29(34)39-19-27(35)33-17-16-20-8-4-6-10-24(20)33/h4-15H,3,16-19H2,1-2H3,(H,30,36). The van der Waals surface area contributed by atoms with E-state index in [1.54, 1.807) is 18.2 Å². The quantitative estimate of drug-likeness (QED) is 0.298. The summed E-state index contributed by atoms with van der Waals surface area (Å²) in [5.74, 6) is 1.70. The number of hydrogen-bond donors (Lipinski definition) is 1. The van der Waals surface area contributed by atoms with Gasteiger partial charge >= 0.3 is 0 Å². The van der Waals surface area contributed by atoms with E-state index in [0.29, 0.717) is 35.4 Å². The van der Waals surface area contributed by atoms with Crippen molar-refractivity contribution in [3.05, 3.63) is 89.7 Å². The molecule has 4 aromatic rings. The highest BCUT2D eigenvalue weighted by atomic mass is 32.2. The molecule has 200 valence electrons. The maximum Gasteiger partial charge on any atom is 0.255 e. The molecule has 10 heteroatoms. The molecule has 0 fully saturated rings. The fourth-order valence-corrected chi connectivity index (χ4v) is 5.36. The molecule has 0 spiro atoms. The van der Waals surface area contributed by atoms with Crippen LogP contribution in [0.5, 0.6) is 11.5 Å². The average Bonchev–Trinajstić information content (AvgIpc) is 3.59. The maximum atomic E-state index is 13.1. The number of methoxy groups -OCH3 is 1. The second kappa shape index (κ2) is 12.0. The molecule has 1 N–H and O–H groups in total. The van der Waals surface area contributed by atoms with Crippen molar-refractivity contribution in [3.8, 4) is 17.2 Å². The number of para-hydroxylation sites is 2.